The summed E-state index contributed by atoms with van der Waals surface area (Å²) in [4.78, 5) is 11.8. The van der Waals surface area contributed by atoms with Crippen LogP contribution >= 0.6 is 24.2 Å². The van der Waals surface area contributed by atoms with Gasteiger partial charge in [0.1, 0.15) is 18.3 Å². The van der Waals surface area contributed by atoms with Crippen molar-refractivity contribution in [2.24, 2.45) is 0 Å². The Kier molecular flexibility index (Phi) is 6.08. The molecule has 132 valence electrons. The fraction of sp³-hybridized carbons (Fsp3) is 0.222. The van der Waals surface area contributed by atoms with E-state index in [1.54, 1.807) is 12.1 Å². The van der Waals surface area contributed by atoms with E-state index < -0.39 is 11.9 Å². The number of halogens is 2. The monoisotopic (exact) mass is 380 g/mol. The molecule has 0 saturated heterocycles. The fourth-order valence-corrected chi connectivity index (χ4v) is 2.40. The van der Waals surface area contributed by atoms with E-state index in [2.05, 4.69) is 17.9 Å². The molecule has 7 heteroatoms. The largest absolute Gasteiger partial charge is 0.444 e. The van der Waals surface area contributed by atoms with Gasteiger partial charge in [-0.05, 0) is 37.6 Å². The van der Waals surface area contributed by atoms with Gasteiger partial charge in [0, 0.05) is 20.9 Å². The number of amides is 1. The van der Waals surface area contributed by atoms with Crippen LogP contribution in [0.1, 0.15) is 30.5 Å². The highest BCUT2D eigenvalue weighted by molar-refractivity contribution is 7.81. The second kappa shape index (κ2) is 7.89. The highest BCUT2D eigenvalue weighted by Crippen LogP contribution is 2.26. The zero-order valence-electron chi connectivity index (χ0n) is 13.8. The van der Waals surface area contributed by atoms with E-state index >= 15 is 0 Å². The normalized spacial score (nSPS) is 11.1. The molecule has 0 aliphatic heterocycles. The number of carbonyl (C=O) groups is 1. The van der Waals surface area contributed by atoms with Crippen molar-refractivity contribution >= 4 is 36.2 Å². The molecule has 25 heavy (non-hydrogen) atoms. The average Bonchev–Trinajstić information content (AvgIpc) is 2.55. The number of ether oxygens (including phenoxy) is 1. The molecule has 0 aromatic heterocycles. The molecule has 0 atom stereocenters. The minimum atomic E-state index is -0.844. The van der Waals surface area contributed by atoms with E-state index in [9.17, 15) is 9.18 Å². The van der Waals surface area contributed by atoms with E-state index in [4.69, 9.17) is 21.7 Å². The maximum Gasteiger partial charge on any atom is 0.413 e. The number of nitrogens with one attached hydrogen (secondary N) is 2. The van der Waals surface area contributed by atoms with Crippen molar-refractivity contribution in [2.75, 3.05) is 0 Å². The molecule has 0 fully saturated rings. The Morgan fingerprint density at radius 3 is 2.52 bits per heavy atom. The van der Waals surface area contributed by atoms with Crippen LogP contribution in [0, 0.1) is 11.2 Å². The number of thiol groups is 1. The molecule has 0 aliphatic carbocycles. The third kappa shape index (κ3) is 5.47. The van der Waals surface area contributed by atoms with Gasteiger partial charge < -0.3 is 4.74 Å². The lowest BCUT2D eigenvalue weighted by Gasteiger charge is -2.18. The number of rotatable bonds is 4. The number of amidine groups is 1. The third-order valence-electron chi connectivity index (χ3n) is 3.47. The van der Waals surface area contributed by atoms with Crippen molar-refractivity contribution in [3.05, 3.63) is 70.0 Å². The van der Waals surface area contributed by atoms with Crippen LogP contribution in [0.5, 0.6) is 0 Å². The van der Waals surface area contributed by atoms with E-state index in [0.29, 0.717) is 10.6 Å². The van der Waals surface area contributed by atoms with Gasteiger partial charge in [0.15, 0.2) is 0 Å². The van der Waals surface area contributed by atoms with Gasteiger partial charge >= 0.3 is 6.09 Å². The summed E-state index contributed by atoms with van der Waals surface area (Å²) in [6, 6.07) is 11.1. The Bertz CT molecular complexity index is 789. The van der Waals surface area contributed by atoms with Crippen LogP contribution in [0.25, 0.3) is 0 Å². The number of benzene rings is 2. The molecule has 2 aromatic carbocycles. The van der Waals surface area contributed by atoms with Gasteiger partial charge in [-0.2, -0.15) is 12.6 Å². The van der Waals surface area contributed by atoms with Gasteiger partial charge in [-0.15, -0.1) is 0 Å². The van der Waals surface area contributed by atoms with Gasteiger partial charge in [0.25, 0.3) is 0 Å². The standard InChI is InChI=1S/C18H18ClFN2O2S/c1-18(2,25)13-5-3-11(4-6-13)16(21)22-17(23)24-10-12-9-14(19)7-8-15(12)20/h3-9,25H,10H2,1-2H3,(H2,21,22,23). The first-order valence-corrected chi connectivity index (χ1v) is 8.29. The quantitative estimate of drug-likeness (QED) is 0.401. The highest BCUT2D eigenvalue weighted by Gasteiger charge is 2.15. The van der Waals surface area contributed by atoms with Gasteiger partial charge in [-0.1, -0.05) is 35.9 Å². The lowest BCUT2D eigenvalue weighted by molar-refractivity contribution is 0.144. The zero-order valence-corrected chi connectivity index (χ0v) is 15.4. The summed E-state index contributed by atoms with van der Waals surface area (Å²) >= 11 is 10.3. The molecule has 1 amide bonds. The average molecular weight is 381 g/mol. The number of hydrogen-bond donors (Lipinski definition) is 3. The second-order valence-corrected chi connectivity index (χ2v) is 7.50. The molecule has 0 radical (unpaired) electrons. The maximum atomic E-state index is 13.6. The lowest BCUT2D eigenvalue weighted by Crippen LogP contribution is -2.31. The Balaban J connectivity index is 1.94. The SMILES string of the molecule is CC(C)(S)c1ccc(C(=N)NC(=O)OCc2cc(Cl)ccc2F)cc1. The van der Waals surface area contributed by atoms with E-state index in [1.807, 2.05) is 26.0 Å². The Morgan fingerprint density at radius 1 is 1.28 bits per heavy atom. The number of alkyl carbamates (subject to hydrolysis) is 1. The van der Waals surface area contributed by atoms with Crippen LogP contribution in [0.4, 0.5) is 9.18 Å². The van der Waals surface area contributed by atoms with Gasteiger partial charge in [0.05, 0.1) is 0 Å². The first-order valence-electron chi connectivity index (χ1n) is 7.46. The molecule has 4 nitrogen and oxygen atoms in total. The van der Waals surface area contributed by atoms with Crippen LogP contribution in [-0.4, -0.2) is 11.9 Å². The third-order valence-corrected chi connectivity index (χ3v) is 3.97. The molecule has 0 heterocycles. The van der Waals surface area contributed by atoms with E-state index in [0.717, 1.165) is 5.56 Å². The summed E-state index contributed by atoms with van der Waals surface area (Å²) < 4.78 is 18.2. The molecule has 2 N–H and O–H groups in total. The van der Waals surface area contributed by atoms with Crippen molar-refractivity contribution in [1.29, 1.82) is 5.41 Å². The van der Waals surface area contributed by atoms with Crippen LogP contribution in [-0.2, 0) is 16.1 Å². The predicted octanol–water partition coefficient (Wildman–Crippen LogP) is 4.90. The van der Waals surface area contributed by atoms with E-state index in [-0.39, 0.29) is 22.8 Å². The molecule has 0 unspecified atom stereocenters. The molecular weight excluding hydrogens is 363 g/mol. The molecule has 0 spiro atoms. The van der Waals surface area contributed by atoms with Gasteiger partial charge in [0.2, 0.25) is 0 Å². The lowest BCUT2D eigenvalue weighted by atomic mass is 10.0. The fourth-order valence-electron chi connectivity index (χ4n) is 2.05. The highest BCUT2D eigenvalue weighted by atomic mass is 35.5. The minimum Gasteiger partial charge on any atom is -0.444 e. The van der Waals surface area contributed by atoms with Crippen LogP contribution in [0.15, 0.2) is 42.5 Å². The summed E-state index contributed by atoms with van der Waals surface area (Å²) in [5.41, 5.74) is 1.67. The topological polar surface area (TPSA) is 62.2 Å². The Labute approximate surface area is 156 Å². The molecule has 0 saturated carbocycles. The minimum absolute atomic E-state index is 0.111. The molecule has 0 aliphatic rings. The van der Waals surface area contributed by atoms with Crippen molar-refractivity contribution in [3.63, 3.8) is 0 Å². The van der Waals surface area contributed by atoms with Crippen molar-refractivity contribution in [3.8, 4) is 0 Å². The summed E-state index contributed by atoms with van der Waals surface area (Å²) in [5.74, 6) is -0.627. The van der Waals surface area contributed by atoms with Crippen molar-refractivity contribution in [2.45, 2.75) is 25.2 Å². The molecule has 2 rings (SSSR count). The predicted molar refractivity (Wildman–Crippen MR) is 100 cm³/mol. The van der Waals surface area contributed by atoms with Crippen LogP contribution in [0.2, 0.25) is 5.02 Å². The van der Waals surface area contributed by atoms with E-state index in [1.165, 1.54) is 18.2 Å². The second-order valence-electron chi connectivity index (χ2n) is 5.95. The smallest absolute Gasteiger partial charge is 0.413 e. The first-order chi connectivity index (χ1) is 11.7. The van der Waals surface area contributed by atoms with Crippen LogP contribution < -0.4 is 5.32 Å². The Hall–Kier alpha value is -2.05. The summed E-state index contributed by atoms with van der Waals surface area (Å²) in [7, 11) is 0. The first kappa shape index (κ1) is 19.3. The van der Waals surface area contributed by atoms with Crippen molar-refractivity contribution in [1.82, 2.24) is 5.32 Å². The summed E-state index contributed by atoms with van der Waals surface area (Å²) in [6.07, 6.45) is -0.844. The molecular formula is C18H18ClFN2O2S. The summed E-state index contributed by atoms with van der Waals surface area (Å²) in [6.45, 7) is 3.64. The Morgan fingerprint density at radius 2 is 1.92 bits per heavy atom. The zero-order chi connectivity index (χ0) is 18.6. The van der Waals surface area contributed by atoms with Crippen LogP contribution in [0.3, 0.4) is 0 Å². The molecule has 0 bridgehead atoms. The van der Waals surface area contributed by atoms with Gasteiger partial charge in [-0.3, -0.25) is 10.7 Å². The molecule has 2 aromatic rings. The number of hydrogen-bond acceptors (Lipinski definition) is 4. The number of carbonyl (C=O) groups excluding carboxylic acids is 1. The van der Waals surface area contributed by atoms with Crippen molar-refractivity contribution < 1.29 is 13.9 Å². The van der Waals surface area contributed by atoms with Gasteiger partial charge in [-0.25, -0.2) is 9.18 Å². The maximum absolute atomic E-state index is 13.6. The summed E-state index contributed by atoms with van der Waals surface area (Å²) in [5, 5.41) is 10.6.